The Morgan fingerprint density at radius 3 is 2.17 bits per heavy atom. The van der Waals surface area contributed by atoms with E-state index in [-0.39, 0.29) is 16.1 Å². The van der Waals surface area contributed by atoms with Gasteiger partial charge in [0, 0.05) is 16.3 Å². The van der Waals surface area contributed by atoms with Crippen LogP contribution in [0.25, 0.3) is 0 Å². The third kappa shape index (κ3) is 5.22. The molecule has 1 atom stereocenters. The first-order valence-electron chi connectivity index (χ1n) is 8.16. The van der Waals surface area contributed by atoms with Crippen LogP contribution in [0, 0.1) is 6.92 Å². The molecule has 2 aromatic rings. The summed E-state index contributed by atoms with van der Waals surface area (Å²) in [4.78, 5) is 12.6. The molecule has 0 saturated heterocycles. The third-order valence-corrected chi connectivity index (χ3v) is 6.22. The first kappa shape index (κ1) is 23.0. The number of carbonyl (C=O) groups excluding carboxylic acids is 1. The number of hydrogen-bond acceptors (Lipinski definition) is 5. The van der Waals surface area contributed by atoms with Gasteiger partial charge in [0.15, 0.2) is 0 Å². The quantitative estimate of drug-likeness (QED) is 0.585. The van der Waals surface area contributed by atoms with Gasteiger partial charge in [0.05, 0.1) is 4.90 Å². The van der Waals surface area contributed by atoms with Crippen LogP contribution in [0.5, 0.6) is 0 Å². The van der Waals surface area contributed by atoms with E-state index < -0.39 is 27.7 Å². The van der Waals surface area contributed by atoms with Crippen molar-refractivity contribution in [1.82, 2.24) is 0 Å². The molecule has 2 rings (SSSR count). The molecule has 0 aliphatic carbocycles. The minimum Gasteiger partial charge on any atom is -0.373 e. The standard InChI is InChI=1S/C18H19F3N2O4S2/c1-11-10-14(29(26,27)23-12-4-6-13(28-3)7-5-12)8-9-15(11)22-16(24)17(2,25)18(19,20)21/h4-10,23,25H,1-3H3,(H,22,24)/t17-/m1/s1. The number of thioether (sulfide) groups is 1. The predicted molar refractivity (Wildman–Crippen MR) is 106 cm³/mol. The van der Waals surface area contributed by atoms with Crippen molar-refractivity contribution in [3.05, 3.63) is 48.0 Å². The van der Waals surface area contributed by atoms with Crippen LogP contribution in [0.3, 0.4) is 0 Å². The molecule has 0 aliphatic rings. The van der Waals surface area contributed by atoms with Crippen molar-refractivity contribution in [2.45, 2.75) is 35.4 Å². The first-order chi connectivity index (χ1) is 13.3. The number of amides is 1. The number of hydrogen-bond donors (Lipinski definition) is 3. The Morgan fingerprint density at radius 2 is 1.69 bits per heavy atom. The van der Waals surface area contributed by atoms with Crippen LogP contribution in [0.2, 0.25) is 0 Å². The number of carbonyl (C=O) groups is 1. The van der Waals surface area contributed by atoms with Gasteiger partial charge in [-0.2, -0.15) is 13.2 Å². The topological polar surface area (TPSA) is 95.5 Å². The molecule has 0 aromatic heterocycles. The van der Waals surface area contributed by atoms with Gasteiger partial charge in [-0.05, 0) is 68.1 Å². The van der Waals surface area contributed by atoms with E-state index in [4.69, 9.17) is 0 Å². The largest absolute Gasteiger partial charge is 0.426 e. The highest BCUT2D eigenvalue weighted by atomic mass is 32.2. The number of alkyl halides is 3. The molecule has 0 saturated carbocycles. The van der Waals surface area contributed by atoms with Crippen LogP contribution >= 0.6 is 11.8 Å². The maximum Gasteiger partial charge on any atom is 0.426 e. The summed E-state index contributed by atoms with van der Waals surface area (Å²) in [5.74, 6) is -1.67. The van der Waals surface area contributed by atoms with Crippen molar-refractivity contribution in [2.24, 2.45) is 0 Å². The summed E-state index contributed by atoms with van der Waals surface area (Å²) < 4.78 is 65.8. The second-order valence-corrected chi connectivity index (χ2v) is 8.90. The lowest BCUT2D eigenvalue weighted by Crippen LogP contribution is -2.52. The number of halogens is 3. The van der Waals surface area contributed by atoms with E-state index in [2.05, 4.69) is 4.72 Å². The molecule has 0 spiro atoms. The molecule has 0 unspecified atom stereocenters. The zero-order chi connectivity index (χ0) is 22.0. The summed E-state index contributed by atoms with van der Waals surface area (Å²) in [5.41, 5.74) is -3.09. The zero-order valence-corrected chi connectivity index (χ0v) is 17.3. The smallest absolute Gasteiger partial charge is 0.373 e. The Morgan fingerprint density at radius 1 is 1.10 bits per heavy atom. The molecule has 0 fully saturated rings. The van der Waals surface area contributed by atoms with E-state index in [0.29, 0.717) is 12.6 Å². The van der Waals surface area contributed by atoms with Crippen molar-refractivity contribution in [3.63, 3.8) is 0 Å². The van der Waals surface area contributed by atoms with E-state index in [9.17, 15) is 31.5 Å². The number of anilines is 2. The molecule has 11 heteroatoms. The van der Waals surface area contributed by atoms with Crippen LogP contribution in [0.1, 0.15) is 12.5 Å². The highest BCUT2D eigenvalue weighted by Gasteiger charge is 2.55. The predicted octanol–water partition coefficient (Wildman–Crippen LogP) is 3.77. The fourth-order valence-corrected chi connectivity index (χ4v) is 3.74. The van der Waals surface area contributed by atoms with Crippen LogP contribution in [-0.4, -0.2) is 37.5 Å². The van der Waals surface area contributed by atoms with Crippen molar-refractivity contribution in [3.8, 4) is 0 Å². The monoisotopic (exact) mass is 448 g/mol. The highest BCUT2D eigenvalue weighted by Crippen LogP contribution is 2.32. The average molecular weight is 448 g/mol. The van der Waals surface area contributed by atoms with Crippen LogP contribution in [0.4, 0.5) is 24.5 Å². The van der Waals surface area contributed by atoms with E-state index in [1.165, 1.54) is 24.8 Å². The maximum atomic E-state index is 12.8. The summed E-state index contributed by atoms with van der Waals surface area (Å²) in [5, 5.41) is 11.4. The van der Waals surface area contributed by atoms with Crippen molar-refractivity contribution in [1.29, 1.82) is 0 Å². The summed E-state index contributed by atoms with van der Waals surface area (Å²) in [6.07, 6.45) is -3.28. The second kappa shape index (κ2) is 8.25. The summed E-state index contributed by atoms with van der Waals surface area (Å²) in [6.45, 7) is 1.76. The van der Waals surface area contributed by atoms with Gasteiger partial charge in [0.1, 0.15) is 0 Å². The molecule has 0 aliphatic heterocycles. The molecule has 3 N–H and O–H groups in total. The van der Waals surface area contributed by atoms with E-state index in [1.807, 2.05) is 11.6 Å². The van der Waals surface area contributed by atoms with Gasteiger partial charge < -0.3 is 10.4 Å². The molecule has 2 aromatic carbocycles. The van der Waals surface area contributed by atoms with Crippen LogP contribution in [0.15, 0.2) is 52.3 Å². The summed E-state index contributed by atoms with van der Waals surface area (Å²) in [6, 6.07) is 10.2. The van der Waals surface area contributed by atoms with Crippen LogP contribution < -0.4 is 10.0 Å². The van der Waals surface area contributed by atoms with Crippen molar-refractivity contribution >= 4 is 39.1 Å². The number of aliphatic hydroxyl groups is 1. The second-order valence-electron chi connectivity index (χ2n) is 6.33. The van der Waals surface area contributed by atoms with Gasteiger partial charge in [0.25, 0.3) is 15.9 Å². The van der Waals surface area contributed by atoms with Gasteiger partial charge in [-0.15, -0.1) is 11.8 Å². The zero-order valence-electron chi connectivity index (χ0n) is 15.7. The Balaban J connectivity index is 2.22. The first-order valence-corrected chi connectivity index (χ1v) is 10.9. The van der Waals surface area contributed by atoms with Crippen LogP contribution in [-0.2, 0) is 14.8 Å². The van der Waals surface area contributed by atoms with E-state index in [1.54, 1.807) is 24.3 Å². The molecule has 1 amide bonds. The Labute approximate surface area is 170 Å². The molecule has 0 bridgehead atoms. The molecule has 0 heterocycles. The number of nitrogens with one attached hydrogen (secondary N) is 2. The molecular formula is C18H19F3N2O4S2. The van der Waals surface area contributed by atoms with Gasteiger partial charge in [-0.1, -0.05) is 0 Å². The molecule has 6 nitrogen and oxygen atoms in total. The summed E-state index contributed by atoms with van der Waals surface area (Å²) >= 11 is 1.50. The van der Waals surface area contributed by atoms with E-state index in [0.717, 1.165) is 17.0 Å². The minimum absolute atomic E-state index is 0.0530. The maximum absolute atomic E-state index is 12.8. The summed E-state index contributed by atoms with van der Waals surface area (Å²) in [7, 11) is -3.95. The lowest BCUT2D eigenvalue weighted by Gasteiger charge is -2.25. The number of sulfonamides is 1. The third-order valence-electron chi connectivity index (χ3n) is 4.09. The molecular weight excluding hydrogens is 429 g/mol. The van der Waals surface area contributed by atoms with E-state index >= 15 is 0 Å². The van der Waals surface area contributed by atoms with Crippen molar-refractivity contribution < 1.29 is 31.5 Å². The normalized spacial score (nSPS) is 14.2. The van der Waals surface area contributed by atoms with Gasteiger partial charge in [-0.3, -0.25) is 9.52 Å². The molecule has 0 radical (unpaired) electrons. The molecule has 29 heavy (non-hydrogen) atoms. The average Bonchev–Trinajstić information content (AvgIpc) is 2.62. The van der Waals surface area contributed by atoms with Gasteiger partial charge in [0.2, 0.25) is 5.60 Å². The Kier molecular flexibility index (Phi) is 6.55. The van der Waals surface area contributed by atoms with Crippen molar-refractivity contribution in [2.75, 3.05) is 16.3 Å². The van der Waals surface area contributed by atoms with Gasteiger partial charge in [-0.25, -0.2) is 8.42 Å². The SMILES string of the molecule is CSc1ccc(NS(=O)(=O)c2ccc(NC(=O)[C@@](C)(O)C(F)(F)F)c(C)c2)cc1. The number of benzene rings is 2. The fourth-order valence-electron chi connectivity index (χ4n) is 2.19. The molecule has 158 valence electrons. The Hall–Kier alpha value is -2.24. The Bertz CT molecular complexity index is 1000. The minimum atomic E-state index is -5.16. The fraction of sp³-hybridized carbons (Fsp3) is 0.278. The number of aryl methyl sites for hydroxylation is 1. The lowest BCUT2D eigenvalue weighted by atomic mass is 10.1. The lowest BCUT2D eigenvalue weighted by molar-refractivity contribution is -0.242. The van der Waals surface area contributed by atoms with Gasteiger partial charge >= 0.3 is 6.18 Å². The number of rotatable bonds is 6. The highest BCUT2D eigenvalue weighted by molar-refractivity contribution is 7.98.